The van der Waals surface area contributed by atoms with Crippen molar-refractivity contribution in [3.8, 4) is 11.5 Å². The van der Waals surface area contributed by atoms with Gasteiger partial charge >= 0.3 is 17.9 Å². The second-order valence-electron chi connectivity index (χ2n) is 7.01. The van der Waals surface area contributed by atoms with Crippen molar-refractivity contribution in [1.82, 2.24) is 0 Å². The number of benzene rings is 2. The number of cyclic esters (lactones) is 1. The summed E-state index contributed by atoms with van der Waals surface area (Å²) in [6.07, 6.45) is 2.49. The molecule has 0 aliphatic carbocycles. The molecule has 2 aromatic carbocycles. The Balaban J connectivity index is 2.24. The van der Waals surface area contributed by atoms with E-state index in [1.165, 1.54) is 50.3 Å². The SMILES string of the molecule is CC(=O)Nc1ccc(C2(c3ccc(OC(C)=O)cc3OC(C)=O)C=CC(=O)O2)cc1[N+](=O)[O-]. The van der Waals surface area contributed by atoms with Crippen LogP contribution < -0.4 is 14.8 Å². The summed E-state index contributed by atoms with van der Waals surface area (Å²) >= 11 is 0. The third-order valence-electron chi connectivity index (χ3n) is 4.52. The summed E-state index contributed by atoms with van der Waals surface area (Å²) in [5, 5.41) is 14.0. The van der Waals surface area contributed by atoms with E-state index in [0.29, 0.717) is 0 Å². The molecular weight excluding hydrogens is 436 g/mol. The molecule has 0 fully saturated rings. The Hall–Kier alpha value is -4.54. The fourth-order valence-electron chi connectivity index (χ4n) is 3.35. The minimum Gasteiger partial charge on any atom is -0.442 e. The van der Waals surface area contributed by atoms with Crippen molar-refractivity contribution in [2.45, 2.75) is 26.4 Å². The zero-order chi connectivity index (χ0) is 24.3. The molecule has 1 amide bonds. The normalized spacial score (nSPS) is 16.6. The first-order valence-electron chi connectivity index (χ1n) is 9.52. The molecule has 0 aromatic heterocycles. The smallest absolute Gasteiger partial charge is 0.332 e. The summed E-state index contributed by atoms with van der Waals surface area (Å²) < 4.78 is 15.9. The number of hydrogen-bond donors (Lipinski definition) is 1. The molecule has 11 heteroatoms. The first-order valence-corrected chi connectivity index (χ1v) is 9.52. The van der Waals surface area contributed by atoms with Crippen molar-refractivity contribution in [2.24, 2.45) is 0 Å². The maximum absolute atomic E-state index is 12.1. The number of anilines is 1. The van der Waals surface area contributed by atoms with Crippen molar-refractivity contribution in [3.05, 3.63) is 69.8 Å². The van der Waals surface area contributed by atoms with Gasteiger partial charge in [-0.25, -0.2) is 4.79 Å². The number of amides is 1. The highest BCUT2D eigenvalue weighted by atomic mass is 16.6. The Morgan fingerprint density at radius 3 is 2.27 bits per heavy atom. The van der Waals surface area contributed by atoms with Gasteiger partial charge in [-0.3, -0.25) is 24.5 Å². The van der Waals surface area contributed by atoms with Crippen LogP contribution in [0.1, 0.15) is 31.9 Å². The number of ether oxygens (including phenoxy) is 3. The highest BCUT2D eigenvalue weighted by molar-refractivity contribution is 5.92. The molecule has 3 rings (SSSR count). The van der Waals surface area contributed by atoms with Crippen molar-refractivity contribution >= 4 is 35.2 Å². The second kappa shape index (κ2) is 8.91. The molecule has 11 nitrogen and oxygen atoms in total. The van der Waals surface area contributed by atoms with Gasteiger partial charge in [-0.1, -0.05) is 6.07 Å². The number of nitrogens with one attached hydrogen (secondary N) is 1. The molecule has 0 saturated carbocycles. The van der Waals surface area contributed by atoms with Crippen LogP contribution in [0.3, 0.4) is 0 Å². The van der Waals surface area contributed by atoms with Crippen LogP contribution in [0.5, 0.6) is 11.5 Å². The molecule has 1 N–H and O–H groups in total. The second-order valence-corrected chi connectivity index (χ2v) is 7.01. The molecule has 170 valence electrons. The van der Waals surface area contributed by atoms with Crippen LogP contribution >= 0.6 is 0 Å². The summed E-state index contributed by atoms with van der Waals surface area (Å²) in [7, 11) is 0. The van der Waals surface area contributed by atoms with Crippen LogP contribution in [-0.2, 0) is 29.5 Å². The van der Waals surface area contributed by atoms with Crippen LogP contribution in [0.4, 0.5) is 11.4 Å². The standard InChI is InChI=1S/C22H18N2O9/c1-12(25)23-18-7-4-15(10-19(18)24(29)30)22(9-8-21(28)33-22)17-6-5-16(31-13(2)26)11-20(17)32-14(3)27/h4-11H,1-3H3,(H,23,25). The number of nitro benzene ring substituents is 1. The molecule has 0 bridgehead atoms. The molecule has 1 aliphatic rings. The van der Waals surface area contributed by atoms with Crippen LogP contribution in [0, 0.1) is 10.1 Å². The van der Waals surface area contributed by atoms with Crippen molar-refractivity contribution in [3.63, 3.8) is 0 Å². The van der Waals surface area contributed by atoms with E-state index in [4.69, 9.17) is 14.2 Å². The molecule has 1 unspecified atom stereocenters. The van der Waals surface area contributed by atoms with Gasteiger partial charge in [-0.15, -0.1) is 0 Å². The maximum atomic E-state index is 12.1. The first kappa shape index (κ1) is 23.1. The van der Waals surface area contributed by atoms with Crippen LogP contribution in [-0.4, -0.2) is 28.7 Å². The van der Waals surface area contributed by atoms with E-state index < -0.39 is 40.0 Å². The topological polar surface area (TPSA) is 151 Å². The zero-order valence-electron chi connectivity index (χ0n) is 17.7. The van der Waals surface area contributed by atoms with Crippen LogP contribution in [0.15, 0.2) is 48.6 Å². The average Bonchev–Trinajstić information content (AvgIpc) is 3.09. The van der Waals surface area contributed by atoms with Gasteiger partial charge < -0.3 is 19.5 Å². The lowest BCUT2D eigenvalue weighted by atomic mass is 9.85. The summed E-state index contributed by atoms with van der Waals surface area (Å²) in [5.41, 5.74) is -1.89. The zero-order valence-corrected chi connectivity index (χ0v) is 17.7. The molecule has 0 saturated heterocycles. The van der Waals surface area contributed by atoms with E-state index in [0.717, 1.165) is 19.1 Å². The number of nitro groups is 1. The average molecular weight is 454 g/mol. The van der Waals surface area contributed by atoms with Gasteiger partial charge in [0.05, 0.1) is 4.92 Å². The van der Waals surface area contributed by atoms with E-state index in [2.05, 4.69) is 5.32 Å². The van der Waals surface area contributed by atoms with Gasteiger partial charge in [0.2, 0.25) is 5.91 Å². The number of carbonyl (C=O) groups is 4. The molecule has 1 aliphatic heterocycles. The monoisotopic (exact) mass is 454 g/mol. The lowest BCUT2D eigenvalue weighted by Gasteiger charge is -2.29. The van der Waals surface area contributed by atoms with Gasteiger partial charge in [-0.2, -0.15) is 0 Å². The van der Waals surface area contributed by atoms with E-state index in [1.807, 2.05) is 0 Å². The predicted octanol–water partition coefficient (Wildman–Crippen LogP) is 2.76. The summed E-state index contributed by atoms with van der Waals surface area (Å²) in [6.45, 7) is 3.55. The van der Waals surface area contributed by atoms with Gasteiger partial charge in [0.25, 0.3) is 5.69 Å². The minimum absolute atomic E-state index is 0.0508. The Morgan fingerprint density at radius 2 is 1.73 bits per heavy atom. The lowest BCUT2D eigenvalue weighted by Crippen LogP contribution is -2.28. The third kappa shape index (κ3) is 4.87. The number of nitrogens with zero attached hydrogens (tertiary/aromatic N) is 1. The lowest BCUT2D eigenvalue weighted by molar-refractivity contribution is -0.384. The number of rotatable bonds is 6. The van der Waals surface area contributed by atoms with E-state index >= 15 is 0 Å². The van der Waals surface area contributed by atoms with Gasteiger partial charge in [-0.05, 0) is 24.3 Å². The Bertz CT molecular complexity index is 1220. The molecule has 0 radical (unpaired) electrons. The highest BCUT2D eigenvalue weighted by Crippen LogP contribution is 2.45. The number of hydrogen-bond acceptors (Lipinski definition) is 9. The number of esters is 3. The fourth-order valence-corrected chi connectivity index (χ4v) is 3.35. The van der Waals surface area contributed by atoms with E-state index in [-0.39, 0.29) is 28.3 Å². The summed E-state index contributed by atoms with van der Waals surface area (Å²) in [4.78, 5) is 57.5. The molecule has 1 atom stereocenters. The van der Waals surface area contributed by atoms with Gasteiger partial charge in [0.15, 0.2) is 5.60 Å². The van der Waals surface area contributed by atoms with Crippen LogP contribution in [0.2, 0.25) is 0 Å². The Kier molecular flexibility index (Phi) is 6.24. The van der Waals surface area contributed by atoms with Gasteiger partial charge in [0.1, 0.15) is 17.2 Å². The molecular formula is C22H18N2O9. The quantitative estimate of drug-likeness (QED) is 0.301. The molecule has 33 heavy (non-hydrogen) atoms. The summed E-state index contributed by atoms with van der Waals surface area (Å²) in [6, 6.07) is 7.94. The minimum atomic E-state index is -1.70. The van der Waals surface area contributed by atoms with Crippen molar-refractivity contribution < 1.29 is 38.3 Å². The maximum Gasteiger partial charge on any atom is 0.332 e. The molecule has 0 spiro atoms. The molecule has 2 aromatic rings. The van der Waals surface area contributed by atoms with E-state index in [1.54, 1.807) is 0 Å². The first-order chi connectivity index (χ1) is 15.5. The van der Waals surface area contributed by atoms with Crippen LogP contribution in [0.25, 0.3) is 0 Å². The number of carbonyl (C=O) groups excluding carboxylic acids is 4. The fraction of sp³-hybridized carbons (Fsp3) is 0.182. The molecule has 1 heterocycles. The van der Waals surface area contributed by atoms with Gasteiger partial charge in [0, 0.05) is 50.1 Å². The van der Waals surface area contributed by atoms with Crippen molar-refractivity contribution in [2.75, 3.05) is 5.32 Å². The Morgan fingerprint density at radius 1 is 1.03 bits per heavy atom. The predicted molar refractivity (Wildman–Crippen MR) is 112 cm³/mol. The highest BCUT2D eigenvalue weighted by Gasteiger charge is 2.43. The third-order valence-corrected chi connectivity index (χ3v) is 4.52. The Labute approximate surface area is 187 Å². The van der Waals surface area contributed by atoms with Crippen molar-refractivity contribution in [1.29, 1.82) is 0 Å². The summed E-state index contributed by atoms with van der Waals surface area (Å²) in [5.74, 6) is -2.58. The largest absolute Gasteiger partial charge is 0.442 e. The van der Waals surface area contributed by atoms with E-state index in [9.17, 15) is 29.3 Å².